The number of rotatable bonds is 6. The van der Waals surface area contributed by atoms with E-state index in [1.807, 2.05) is 71.3 Å². The van der Waals surface area contributed by atoms with Gasteiger partial charge in [-0.2, -0.15) is 0 Å². The van der Waals surface area contributed by atoms with Gasteiger partial charge < -0.3 is 9.64 Å². The number of aliphatic imine (C=N–C) groups is 1. The number of hydrogen-bond donors (Lipinski definition) is 0. The zero-order chi connectivity index (χ0) is 24.9. The molecule has 4 saturated carbocycles. The van der Waals surface area contributed by atoms with Crippen LogP contribution in [0.3, 0.4) is 0 Å². The van der Waals surface area contributed by atoms with E-state index in [0.29, 0.717) is 0 Å². The minimum atomic E-state index is -0.0407. The molecule has 1 saturated heterocycles. The summed E-state index contributed by atoms with van der Waals surface area (Å²) in [4.78, 5) is 22.9. The molecule has 4 aliphatic carbocycles. The molecule has 5 fully saturated rings. The van der Waals surface area contributed by atoms with E-state index >= 15 is 0 Å². The van der Waals surface area contributed by atoms with Crippen LogP contribution in [-0.4, -0.2) is 39.5 Å². The number of halogens is 1. The quantitative estimate of drug-likeness (QED) is 0.384. The van der Waals surface area contributed by atoms with Crippen LogP contribution in [-0.2, 0) is 4.79 Å². The van der Waals surface area contributed by atoms with Crippen molar-refractivity contribution < 1.29 is 9.53 Å². The lowest BCUT2D eigenvalue weighted by Gasteiger charge is -2.55. The Bertz CT molecular complexity index is 1100. The van der Waals surface area contributed by atoms with Crippen molar-refractivity contribution in [2.75, 3.05) is 10.7 Å². The first-order valence-electron chi connectivity index (χ1n) is 13.5. The first-order valence-corrected chi connectivity index (χ1v) is 14.5. The van der Waals surface area contributed by atoms with Crippen molar-refractivity contribution in [3.05, 3.63) is 54.6 Å². The number of benzene rings is 2. The van der Waals surface area contributed by atoms with Crippen LogP contribution in [0.4, 0.5) is 5.69 Å². The summed E-state index contributed by atoms with van der Waals surface area (Å²) >= 11 is 1.84. The third-order valence-corrected chi connectivity index (χ3v) is 9.55. The van der Waals surface area contributed by atoms with Gasteiger partial charge in [0, 0.05) is 24.4 Å². The van der Waals surface area contributed by atoms with Crippen LogP contribution in [0, 0.1) is 17.8 Å². The maximum Gasteiger partial charge on any atom is 0.225 e. The molecule has 0 spiro atoms. The van der Waals surface area contributed by atoms with Gasteiger partial charge in [-0.05, 0) is 107 Å². The first-order chi connectivity index (χ1) is 17.4. The average molecular weight is 540 g/mol. The van der Waals surface area contributed by atoms with E-state index in [4.69, 9.17) is 9.73 Å². The Morgan fingerprint density at radius 2 is 1.54 bits per heavy atom. The van der Waals surface area contributed by atoms with Gasteiger partial charge >= 0.3 is 0 Å². The van der Waals surface area contributed by atoms with Crippen molar-refractivity contribution in [1.29, 1.82) is 0 Å². The number of amides is 1. The van der Waals surface area contributed by atoms with Gasteiger partial charge in [-0.25, -0.2) is 0 Å². The van der Waals surface area contributed by atoms with Crippen molar-refractivity contribution in [3.63, 3.8) is 0 Å². The van der Waals surface area contributed by atoms with E-state index in [2.05, 4.69) is 18.7 Å². The van der Waals surface area contributed by atoms with E-state index in [1.165, 1.54) is 38.5 Å². The number of carbonyl (C=O) groups excluding carboxylic acids is 1. The van der Waals surface area contributed by atoms with Crippen LogP contribution >= 0.6 is 24.2 Å². The monoisotopic (exact) mass is 539 g/mol. The molecule has 5 nitrogen and oxygen atoms in total. The summed E-state index contributed by atoms with van der Waals surface area (Å²) in [5.74, 6) is 5.09. The van der Waals surface area contributed by atoms with Gasteiger partial charge in [-0.1, -0.05) is 30.0 Å². The highest BCUT2D eigenvalue weighted by atomic mass is 35.5. The van der Waals surface area contributed by atoms with Crippen LogP contribution in [0.15, 0.2) is 59.6 Å². The number of anilines is 1. The molecular formula is C30H38ClN3O2S. The van der Waals surface area contributed by atoms with Gasteiger partial charge in [0.2, 0.25) is 5.91 Å². The molecular weight excluding hydrogens is 502 g/mol. The highest BCUT2D eigenvalue weighted by Crippen LogP contribution is 2.57. The molecule has 0 radical (unpaired) electrons. The summed E-state index contributed by atoms with van der Waals surface area (Å²) in [7, 11) is 0. The number of para-hydroxylation sites is 1. The van der Waals surface area contributed by atoms with E-state index in [9.17, 15) is 4.79 Å². The first kappa shape index (κ1) is 26.4. The number of thioether (sulfide) groups is 1. The van der Waals surface area contributed by atoms with Crippen LogP contribution in [0.2, 0.25) is 0 Å². The number of nitrogens with zero attached hydrogens (tertiary/aromatic N) is 3. The summed E-state index contributed by atoms with van der Waals surface area (Å²) in [6, 6.07) is 17.9. The Labute approximate surface area is 231 Å². The SMILES string of the molecule is CC(=O)N(c1ccc(Oc2ccccc2)cc1)C1CSC(=NC23CC4CC(CC(C4)C2)C3)N1C(C)C.Cl. The largest absolute Gasteiger partial charge is 0.457 e. The van der Waals surface area contributed by atoms with Gasteiger partial charge in [0.25, 0.3) is 0 Å². The van der Waals surface area contributed by atoms with E-state index < -0.39 is 0 Å². The molecule has 4 bridgehead atoms. The van der Waals surface area contributed by atoms with Gasteiger partial charge in [0.1, 0.15) is 17.7 Å². The molecule has 2 aromatic carbocycles. The van der Waals surface area contributed by atoms with Gasteiger partial charge in [-0.15, -0.1) is 12.4 Å². The molecule has 0 aromatic heterocycles. The van der Waals surface area contributed by atoms with Crippen molar-refractivity contribution in [3.8, 4) is 11.5 Å². The standard InChI is InChI=1S/C30H37N3O2S.ClH/c1-20(2)32-28(19-36-29(32)31-30-16-22-13-23(17-30)15-24(14-22)18-30)33(21(3)34)25-9-11-27(12-10-25)35-26-7-5-4-6-8-26;/h4-12,20,22-24,28H,13-19H2,1-3H3;1H. The lowest BCUT2D eigenvalue weighted by atomic mass is 9.53. The second kappa shape index (κ2) is 10.5. The summed E-state index contributed by atoms with van der Waals surface area (Å²) in [6.07, 6.45) is 8.03. The van der Waals surface area contributed by atoms with Crippen molar-refractivity contribution in [2.45, 2.75) is 77.0 Å². The normalized spacial score (nSPS) is 31.0. The fraction of sp³-hybridized carbons (Fsp3) is 0.533. The minimum absolute atomic E-state index is 0. The number of carbonyl (C=O) groups is 1. The fourth-order valence-electron chi connectivity index (χ4n) is 7.55. The molecule has 1 unspecified atom stereocenters. The van der Waals surface area contributed by atoms with E-state index in [0.717, 1.165) is 45.9 Å². The van der Waals surface area contributed by atoms with Crippen LogP contribution in [0.5, 0.6) is 11.5 Å². The summed E-state index contributed by atoms with van der Waals surface area (Å²) in [5, 5.41) is 1.15. The Hall–Kier alpha value is -2.18. The molecule has 1 aliphatic heterocycles. The molecule has 37 heavy (non-hydrogen) atoms. The molecule has 7 rings (SSSR count). The number of hydrogen-bond acceptors (Lipinski definition) is 4. The Morgan fingerprint density at radius 3 is 2.08 bits per heavy atom. The molecule has 5 aliphatic rings. The molecule has 7 heteroatoms. The van der Waals surface area contributed by atoms with Gasteiger partial charge in [0.05, 0.1) is 5.54 Å². The fourth-order valence-corrected chi connectivity index (χ4v) is 8.90. The summed E-state index contributed by atoms with van der Waals surface area (Å²) < 4.78 is 5.97. The Kier molecular flexibility index (Phi) is 7.52. The predicted molar refractivity (Wildman–Crippen MR) is 155 cm³/mol. The number of amidine groups is 1. The number of ether oxygens (including phenoxy) is 1. The topological polar surface area (TPSA) is 45.1 Å². The third kappa shape index (κ3) is 5.24. The lowest BCUT2D eigenvalue weighted by molar-refractivity contribution is -0.117. The van der Waals surface area contributed by atoms with Crippen molar-refractivity contribution >= 4 is 40.9 Å². The molecule has 2 aromatic rings. The Balaban J connectivity index is 0.00000280. The summed E-state index contributed by atoms with van der Waals surface area (Å²) in [5.41, 5.74) is 1.03. The third-order valence-electron chi connectivity index (χ3n) is 8.53. The molecule has 1 heterocycles. The maximum atomic E-state index is 13.0. The van der Waals surface area contributed by atoms with Crippen LogP contribution in [0.25, 0.3) is 0 Å². The van der Waals surface area contributed by atoms with Gasteiger partial charge in [0.15, 0.2) is 5.17 Å². The highest BCUT2D eigenvalue weighted by molar-refractivity contribution is 8.14. The van der Waals surface area contributed by atoms with Gasteiger partial charge in [-0.3, -0.25) is 14.7 Å². The minimum Gasteiger partial charge on any atom is -0.457 e. The maximum absolute atomic E-state index is 13.0. The molecule has 0 N–H and O–H groups in total. The second-order valence-corrected chi connectivity index (χ2v) is 12.6. The molecule has 198 valence electrons. The zero-order valence-corrected chi connectivity index (χ0v) is 23.6. The van der Waals surface area contributed by atoms with Crippen LogP contribution in [0.1, 0.15) is 59.3 Å². The average Bonchev–Trinajstić information content (AvgIpc) is 3.22. The summed E-state index contributed by atoms with van der Waals surface area (Å²) in [6.45, 7) is 6.12. The zero-order valence-electron chi connectivity index (χ0n) is 22.0. The highest BCUT2D eigenvalue weighted by Gasteiger charge is 2.52. The smallest absolute Gasteiger partial charge is 0.225 e. The second-order valence-electron chi connectivity index (χ2n) is 11.6. The Morgan fingerprint density at radius 1 is 0.973 bits per heavy atom. The van der Waals surface area contributed by atoms with Crippen LogP contribution < -0.4 is 9.64 Å². The molecule has 1 atom stereocenters. The van der Waals surface area contributed by atoms with Crippen molar-refractivity contribution in [1.82, 2.24) is 4.90 Å². The van der Waals surface area contributed by atoms with Crippen molar-refractivity contribution in [2.24, 2.45) is 22.7 Å². The van der Waals surface area contributed by atoms with E-state index in [1.54, 1.807) is 6.92 Å². The van der Waals surface area contributed by atoms with E-state index in [-0.39, 0.29) is 36.1 Å². The molecule has 1 amide bonds. The lowest BCUT2D eigenvalue weighted by Crippen LogP contribution is -2.54. The predicted octanol–water partition coefficient (Wildman–Crippen LogP) is 7.36.